The minimum Gasteiger partial charge on any atom is -0.369 e. The largest absolute Gasteiger partial charge is 0.369 e. The van der Waals surface area contributed by atoms with Crippen LogP contribution < -0.4 is 5.32 Å². The van der Waals surface area contributed by atoms with E-state index < -0.39 is 0 Å². The van der Waals surface area contributed by atoms with Gasteiger partial charge in [0, 0.05) is 19.0 Å². The summed E-state index contributed by atoms with van der Waals surface area (Å²) in [5.74, 6) is -0.145. The van der Waals surface area contributed by atoms with Crippen LogP contribution in [0.5, 0.6) is 0 Å². The topological polar surface area (TPSA) is 67.0 Å². The normalized spacial score (nSPS) is 24.7. The molecule has 0 saturated carbocycles. The molecule has 1 amide bonds. The molecule has 0 aliphatic carbocycles. The number of hydrogen-bond acceptors (Lipinski definition) is 3. The number of H-pyrrole nitrogens is 1. The van der Waals surface area contributed by atoms with Gasteiger partial charge in [0.05, 0.1) is 17.9 Å². The first-order valence-electron chi connectivity index (χ1n) is 5.08. The number of nitrogens with one attached hydrogen (secondary N) is 2. The molecule has 2 heterocycles. The molecule has 15 heavy (non-hydrogen) atoms. The second-order valence-electron chi connectivity index (χ2n) is 3.84. The smallest absolute Gasteiger partial charge is 0.271 e. The number of amides is 1. The van der Waals surface area contributed by atoms with Crippen molar-refractivity contribution < 1.29 is 9.53 Å². The molecular formula is C10H15N3O2. The van der Waals surface area contributed by atoms with E-state index in [4.69, 9.17) is 4.74 Å². The minimum absolute atomic E-state index is 0.0188. The van der Waals surface area contributed by atoms with Crippen molar-refractivity contribution in [2.75, 3.05) is 7.05 Å². The number of aromatic nitrogens is 2. The third-order valence-corrected chi connectivity index (χ3v) is 2.68. The Balaban J connectivity index is 2.41. The molecule has 2 N–H and O–H groups in total. The minimum atomic E-state index is -0.145. The summed E-state index contributed by atoms with van der Waals surface area (Å²) < 4.78 is 5.64. The molecule has 1 aliphatic rings. The predicted molar refractivity (Wildman–Crippen MR) is 54.6 cm³/mol. The van der Waals surface area contributed by atoms with E-state index in [0.717, 1.165) is 17.7 Å². The molecule has 0 spiro atoms. The summed E-state index contributed by atoms with van der Waals surface area (Å²) in [5.41, 5.74) is 2.40. The van der Waals surface area contributed by atoms with Crippen LogP contribution in [0.15, 0.2) is 0 Å². The number of fused-ring (bicyclic) bond motifs is 1. The maximum Gasteiger partial charge on any atom is 0.271 e. The van der Waals surface area contributed by atoms with Crippen molar-refractivity contribution in [2.24, 2.45) is 0 Å². The molecule has 0 radical (unpaired) electrons. The number of nitrogens with zero attached hydrogens (tertiary/aromatic N) is 1. The Labute approximate surface area is 88.2 Å². The summed E-state index contributed by atoms with van der Waals surface area (Å²) in [6, 6.07) is 0. The average molecular weight is 209 g/mol. The fourth-order valence-corrected chi connectivity index (χ4v) is 1.98. The van der Waals surface area contributed by atoms with Crippen LogP contribution in [0, 0.1) is 0 Å². The van der Waals surface area contributed by atoms with Crippen molar-refractivity contribution in [3.63, 3.8) is 0 Å². The highest BCUT2D eigenvalue weighted by molar-refractivity contribution is 5.93. The number of carbonyl (C=O) groups excluding carboxylic acids is 1. The van der Waals surface area contributed by atoms with Crippen LogP contribution in [0.4, 0.5) is 0 Å². The molecule has 1 aromatic rings. The van der Waals surface area contributed by atoms with Crippen LogP contribution in [0.3, 0.4) is 0 Å². The van der Waals surface area contributed by atoms with Gasteiger partial charge < -0.3 is 10.1 Å². The fraction of sp³-hybridized carbons (Fsp3) is 0.600. The summed E-state index contributed by atoms with van der Waals surface area (Å²) in [6.45, 7) is 3.96. The average Bonchev–Trinajstić information content (AvgIpc) is 2.60. The zero-order valence-electron chi connectivity index (χ0n) is 9.13. The Hall–Kier alpha value is -1.36. The third-order valence-electron chi connectivity index (χ3n) is 2.68. The molecular weight excluding hydrogens is 194 g/mol. The second-order valence-corrected chi connectivity index (χ2v) is 3.84. The van der Waals surface area contributed by atoms with Gasteiger partial charge in [0.2, 0.25) is 0 Å². The van der Waals surface area contributed by atoms with E-state index in [0.29, 0.717) is 5.69 Å². The zero-order valence-corrected chi connectivity index (χ0v) is 9.13. The highest BCUT2D eigenvalue weighted by Crippen LogP contribution is 2.29. The van der Waals surface area contributed by atoms with Gasteiger partial charge in [-0.25, -0.2) is 0 Å². The van der Waals surface area contributed by atoms with Crippen molar-refractivity contribution >= 4 is 5.91 Å². The van der Waals surface area contributed by atoms with Crippen molar-refractivity contribution in [1.82, 2.24) is 15.5 Å². The van der Waals surface area contributed by atoms with Crippen molar-refractivity contribution in [3.8, 4) is 0 Å². The van der Waals surface area contributed by atoms with Crippen LogP contribution in [0.2, 0.25) is 0 Å². The Morgan fingerprint density at radius 3 is 3.00 bits per heavy atom. The van der Waals surface area contributed by atoms with Crippen molar-refractivity contribution in [1.29, 1.82) is 0 Å². The van der Waals surface area contributed by atoms with Crippen LogP contribution in [-0.2, 0) is 11.2 Å². The highest BCUT2D eigenvalue weighted by atomic mass is 16.5. The Kier molecular flexibility index (Phi) is 2.48. The first-order chi connectivity index (χ1) is 7.13. The van der Waals surface area contributed by atoms with Gasteiger partial charge in [0.1, 0.15) is 0 Å². The number of aromatic amines is 1. The summed E-state index contributed by atoms with van der Waals surface area (Å²) >= 11 is 0. The molecule has 5 heteroatoms. The summed E-state index contributed by atoms with van der Waals surface area (Å²) in [5, 5.41) is 9.50. The molecule has 0 fully saturated rings. The highest BCUT2D eigenvalue weighted by Gasteiger charge is 2.28. The summed E-state index contributed by atoms with van der Waals surface area (Å²) in [4.78, 5) is 11.5. The Morgan fingerprint density at radius 1 is 1.60 bits per heavy atom. The SMILES string of the molecule is CNC(=O)c1n[nH]c2c1C[C@H](C)O[C@@H]2C. The first-order valence-corrected chi connectivity index (χ1v) is 5.08. The van der Waals surface area contributed by atoms with Gasteiger partial charge in [-0.05, 0) is 13.8 Å². The van der Waals surface area contributed by atoms with Crippen LogP contribution in [-0.4, -0.2) is 29.3 Å². The molecule has 0 aromatic carbocycles. The van der Waals surface area contributed by atoms with E-state index in [1.54, 1.807) is 7.05 Å². The molecule has 0 unspecified atom stereocenters. The van der Waals surface area contributed by atoms with E-state index in [2.05, 4.69) is 15.5 Å². The quantitative estimate of drug-likeness (QED) is 0.718. The van der Waals surface area contributed by atoms with Gasteiger partial charge in [0.25, 0.3) is 5.91 Å². The van der Waals surface area contributed by atoms with E-state index >= 15 is 0 Å². The molecule has 1 aliphatic heterocycles. The molecule has 82 valence electrons. The molecule has 1 aromatic heterocycles. The van der Waals surface area contributed by atoms with E-state index in [9.17, 15) is 4.79 Å². The molecule has 2 rings (SSSR count). The maximum atomic E-state index is 11.5. The van der Waals surface area contributed by atoms with Gasteiger partial charge in [0.15, 0.2) is 5.69 Å². The lowest BCUT2D eigenvalue weighted by Gasteiger charge is -2.25. The molecule has 0 saturated heterocycles. The predicted octanol–water partition coefficient (Wildman–Crippen LogP) is 0.791. The van der Waals surface area contributed by atoms with Crippen molar-refractivity contribution in [2.45, 2.75) is 32.5 Å². The first kappa shape index (κ1) is 10.2. The number of rotatable bonds is 1. The fourth-order valence-electron chi connectivity index (χ4n) is 1.98. The Bertz CT molecular complexity index is 386. The van der Waals surface area contributed by atoms with Gasteiger partial charge in [-0.2, -0.15) is 5.10 Å². The third kappa shape index (κ3) is 1.63. The molecule has 2 atom stereocenters. The Morgan fingerprint density at radius 2 is 2.33 bits per heavy atom. The van der Waals surface area contributed by atoms with Crippen LogP contribution in [0.1, 0.15) is 41.7 Å². The number of carbonyl (C=O) groups is 1. The lowest BCUT2D eigenvalue weighted by Crippen LogP contribution is -2.25. The van der Waals surface area contributed by atoms with Crippen LogP contribution in [0.25, 0.3) is 0 Å². The van der Waals surface area contributed by atoms with E-state index in [-0.39, 0.29) is 18.1 Å². The lowest BCUT2D eigenvalue weighted by molar-refractivity contribution is -0.00697. The lowest BCUT2D eigenvalue weighted by atomic mass is 10.00. The standard InChI is InChI=1S/C10H15N3O2/c1-5-4-7-8(6(2)15-5)12-13-9(7)10(14)11-3/h5-6H,4H2,1-3H3,(H,11,14)(H,12,13)/t5-,6+/m0/s1. The van der Waals surface area contributed by atoms with Crippen molar-refractivity contribution in [3.05, 3.63) is 17.0 Å². The summed E-state index contributed by atoms with van der Waals surface area (Å²) in [7, 11) is 1.61. The number of ether oxygens (including phenoxy) is 1. The molecule has 5 nitrogen and oxygen atoms in total. The van der Waals surface area contributed by atoms with Crippen LogP contribution >= 0.6 is 0 Å². The second kappa shape index (κ2) is 3.66. The maximum absolute atomic E-state index is 11.5. The monoisotopic (exact) mass is 209 g/mol. The number of hydrogen-bond donors (Lipinski definition) is 2. The van der Waals surface area contributed by atoms with Gasteiger partial charge in [-0.1, -0.05) is 0 Å². The summed E-state index contributed by atoms with van der Waals surface area (Å²) in [6.07, 6.45) is 0.849. The van der Waals surface area contributed by atoms with Gasteiger partial charge >= 0.3 is 0 Å². The van der Waals surface area contributed by atoms with Gasteiger partial charge in [-0.15, -0.1) is 0 Å². The molecule has 0 bridgehead atoms. The zero-order chi connectivity index (χ0) is 11.0. The van der Waals surface area contributed by atoms with E-state index in [1.807, 2.05) is 13.8 Å². The van der Waals surface area contributed by atoms with E-state index in [1.165, 1.54) is 0 Å². The van der Waals surface area contributed by atoms with Gasteiger partial charge in [-0.3, -0.25) is 9.89 Å².